The van der Waals surface area contributed by atoms with Crippen molar-refractivity contribution in [3.63, 3.8) is 0 Å². The van der Waals surface area contributed by atoms with Gasteiger partial charge in [-0.1, -0.05) is 26.0 Å². The molecule has 0 saturated carbocycles. The summed E-state index contributed by atoms with van der Waals surface area (Å²) in [5, 5.41) is 3.28. The van der Waals surface area contributed by atoms with Crippen molar-refractivity contribution >= 4 is 23.5 Å². The lowest BCUT2D eigenvalue weighted by atomic mass is 9.97. The van der Waals surface area contributed by atoms with Gasteiger partial charge in [0.25, 0.3) is 5.91 Å². The minimum atomic E-state index is -0.515. The molecule has 1 aromatic carbocycles. The van der Waals surface area contributed by atoms with Gasteiger partial charge in [-0.3, -0.25) is 4.79 Å². The highest BCUT2D eigenvalue weighted by Gasteiger charge is 2.38. The summed E-state index contributed by atoms with van der Waals surface area (Å²) in [6.07, 6.45) is 1.52. The molecule has 1 N–H and O–H groups in total. The predicted octanol–water partition coefficient (Wildman–Crippen LogP) is 4.89. The number of hydrogen-bond acceptors (Lipinski definition) is 8. The van der Waals surface area contributed by atoms with Gasteiger partial charge in [-0.25, -0.2) is 24.1 Å². The van der Waals surface area contributed by atoms with E-state index in [-0.39, 0.29) is 17.6 Å². The number of piperazine rings is 1. The van der Waals surface area contributed by atoms with Crippen LogP contribution in [0.25, 0.3) is 0 Å². The molecular formula is C30H37FN6O3. The van der Waals surface area contributed by atoms with E-state index in [1.807, 2.05) is 45.6 Å². The maximum atomic E-state index is 13.7. The number of nitrogens with zero attached hydrogens (tertiary/aromatic N) is 5. The largest absolute Gasteiger partial charge is 0.465 e. The van der Waals surface area contributed by atoms with E-state index in [9.17, 15) is 14.0 Å². The first-order chi connectivity index (χ1) is 18.9. The quantitative estimate of drug-likeness (QED) is 0.417. The Morgan fingerprint density at radius 3 is 2.42 bits per heavy atom. The third-order valence-corrected chi connectivity index (χ3v) is 7.18. The van der Waals surface area contributed by atoms with Crippen LogP contribution >= 0.6 is 0 Å². The predicted molar refractivity (Wildman–Crippen MR) is 152 cm³/mol. The highest BCUT2D eigenvalue weighted by molar-refractivity contribution is 5.93. The number of methoxy groups -OCH3 is 1. The Hall–Kier alpha value is -4.08. The minimum absolute atomic E-state index is 0.0336. The lowest BCUT2D eigenvalue weighted by Gasteiger charge is -2.47. The topological polar surface area (TPSA) is 101 Å². The summed E-state index contributed by atoms with van der Waals surface area (Å²) in [6, 6.07) is 8.17. The first kappa shape index (κ1) is 28.9. The van der Waals surface area contributed by atoms with Crippen LogP contribution in [0.3, 0.4) is 0 Å². The molecular weight excluding hydrogens is 511 g/mol. The molecule has 1 amide bonds. The molecule has 4 rings (SSSR count). The Morgan fingerprint density at radius 1 is 1.12 bits per heavy atom. The molecule has 0 radical (unpaired) electrons. The van der Waals surface area contributed by atoms with Gasteiger partial charge in [0.2, 0.25) is 0 Å². The van der Waals surface area contributed by atoms with Crippen LogP contribution in [0.2, 0.25) is 0 Å². The van der Waals surface area contributed by atoms with Crippen LogP contribution in [0, 0.1) is 19.7 Å². The van der Waals surface area contributed by atoms with Crippen molar-refractivity contribution in [3.05, 3.63) is 76.1 Å². The number of hydrogen-bond donors (Lipinski definition) is 1. The number of aryl methyl sites for hydroxylation is 2. The second kappa shape index (κ2) is 11.6. The number of halogens is 1. The summed E-state index contributed by atoms with van der Waals surface area (Å²) < 4.78 is 18.1. The van der Waals surface area contributed by atoms with Crippen molar-refractivity contribution in [2.75, 3.05) is 37.0 Å². The van der Waals surface area contributed by atoms with Gasteiger partial charge >= 0.3 is 5.97 Å². The van der Waals surface area contributed by atoms with Crippen molar-refractivity contribution in [2.45, 2.75) is 59.5 Å². The fourth-order valence-electron chi connectivity index (χ4n) is 5.08. The van der Waals surface area contributed by atoms with Gasteiger partial charge in [-0.2, -0.15) is 0 Å². The highest BCUT2D eigenvalue weighted by Crippen LogP contribution is 2.29. The van der Waals surface area contributed by atoms with E-state index in [1.165, 1.54) is 25.4 Å². The number of rotatable bonds is 7. The number of nitrogens with one attached hydrogen (secondary N) is 1. The molecule has 1 aliphatic rings. The summed E-state index contributed by atoms with van der Waals surface area (Å²) >= 11 is 0. The second-order valence-electron chi connectivity index (χ2n) is 11.1. The number of carbonyl (C=O) groups is 2. The summed E-state index contributed by atoms with van der Waals surface area (Å²) in [7, 11) is 1.36. The van der Waals surface area contributed by atoms with Crippen LogP contribution in [-0.2, 0) is 11.3 Å². The fraction of sp³-hybridized carbons (Fsp3) is 0.433. The van der Waals surface area contributed by atoms with Gasteiger partial charge in [0.15, 0.2) is 0 Å². The summed E-state index contributed by atoms with van der Waals surface area (Å²) in [4.78, 5) is 43.8. The average Bonchev–Trinajstić information content (AvgIpc) is 2.91. The highest BCUT2D eigenvalue weighted by atomic mass is 19.1. The van der Waals surface area contributed by atoms with Crippen LogP contribution in [0.1, 0.15) is 77.0 Å². The van der Waals surface area contributed by atoms with Crippen LogP contribution in [0.5, 0.6) is 0 Å². The van der Waals surface area contributed by atoms with Gasteiger partial charge in [0, 0.05) is 26.2 Å². The summed E-state index contributed by atoms with van der Waals surface area (Å²) in [6.45, 7) is 13.8. The zero-order valence-corrected chi connectivity index (χ0v) is 24.2. The van der Waals surface area contributed by atoms with E-state index < -0.39 is 11.5 Å². The Balaban J connectivity index is 1.51. The van der Waals surface area contributed by atoms with Gasteiger partial charge in [0.05, 0.1) is 35.8 Å². The van der Waals surface area contributed by atoms with Gasteiger partial charge in [-0.05, 0) is 62.9 Å². The summed E-state index contributed by atoms with van der Waals surface area (Å²) in [5.74, 6) is 0.546. The van der Waals surface area contributed by atoms with Crippen molar-refractivity contribution in [1.82, 2.24) is 19.9 Å². The number of anilines is 2. The molecule has 2 aromatic heterocycles. The maximum absolute atomic E-state index is 13.7. The SMILES string of the molecule is COC(=O)c1c(C)cc(N2CCN(C(=O)c3cnc(NCc4ccc(F)cc4)c(C(C)C)n3)C(C)(C)C2)nc1C. The van der Waals surface area contributed by atoms with E-state index in [0.29, 0.717) is 54.6 Å². The lowest BCUT2D eigenvalue weighted by Crippen LogP contribution is -2.61. The normalized spacial score (nSPS) is 14.8. The standard InChI is InChI=1S/C30H37FN6O3/c1-18(2)26-27(32-15-21-8-10-22(31)11-9-21)33-16-23(35-26)28(38)37-13-12-36(17-30(37,5)6)24-14-19(3)25(20(4)34-24)29(39)40-7/h8-11,14,16,18H,12-13,15,17H2,1-7H3,(H,32,33). The molecule has 10 heteroatoms. The number of benzene rings is 1. The molecule has 3 aromatic rings. The molecule has 9 nitrogen and oxygen atoms in total. The lowest BCUT2D eigenvalue weighted by molar-refractivity contribution is 0.0505. The summed E-state index contributed by atoms with van der Waals surface area (Å²) in [5.41, 5.74) is 3.29. The number of amides is 1. The van der Waals surface area contributed by atoms with E-state index in [4.69, 9.17) is 9.72 Å². The molecule has 0 bridgehead atoms. The molecule has 3 heterocycles. The molecule has 0 aliphatic carbocycles. The molecule has 1 aliphatic heterocycles. The molecule has 1 saturated heterocycles. The Morgan fingerprint density at radius 2 is 1.82 bits per heavy atom. The monoisotopic (exact) mass is 548 g/mol. The van der Waals surface area contributed by atoms with E-state index in [1.54, 1.807) is 19.1 Å². The number of ether oxygens (including phenoxy) is 1. The number of pyridine rings is 1. The number of aromatic nitrogens is 3. The first-order valence-corrected chi connectivity index (χ1v) is 13.4. The molecule has 212 valence electrons. The van der Waals surface area contributed by atoms with E-state index >= 15 is 0 Å². The molecule has 0 spiro atoms. The minimum Gasteiger partial charge on any atom is -0.465 e. The molecule has 40 heavy (non-hydrogen) atoms. The first-order valence-electron chi connectivity index (χ1n) is 13.4. The molecule has 0 unspecified atom stereocenters. The van der Waals surface area contributed by atoms with Crippen molar-refractivity contribution in [2.24, 2.45) is 0 Å². The van der Waals surface area contributed by atoms with Crippen molar-refractivity contribution < 1.29 is 18.7 Å². The Kier molecular flexibility index (Phi) is 8.37. The van der Waals surface area contributed by atoms with Gasteiger partial charge < -0.3 is 19.9 Å². The van der Waals surface area contributed by atoms with Crippen LogP contribution in [0.15, 0.2) is 36.5 Å². The van der Waals surface area contributed by atoms with E-state index in [0.717, 1.165) is 16.9 Å². The van der Waals surface area contributed by atoms with Crippen LogP contribution in [-0.4, -0.2) is 64.0 Å². The van der Waals surface area contributed by atoms with Crippen LogP contribution < -0.4 is 10.2 Å². The maximum Gasteiger partial charge on any atom is 0.339 e. The molecule has 0 atom stereocenters. The van der Waals surface area contributed by atoms with E-state index in [2.05, 4.69) is 20.2 Å². The average molecular weight is 549 g/mol. The van der Waals surface area contributed by atoms with Gasteiger partial charge in [0.1, 0.15) is 23.1 Å². The van der Waals surface area contributed by atoms with Gasteiger partial charge in [-0.15, -0.1) is 0 Å². The third-order valence-electron chi connectivity index (χ3n) is 7.18. The number of carbonyl (C=O) groups excluding carboxylic acids is 2. The zero-order valence-electron chi connectivity index (χ0n) is 24.2. The zero-order chi connectivity index (χ0) is 29.2. The number of esters is 1. The smallest absolute Gasteiger partial charge is 0.339 e. The molecule has 1 fully saturated rings. The van der Waals surface area contributed by atoms with Crippen molar-refractivity contribution in [3.8, 4) is 0 Å². The third kappa shape index (κ3) is 6.05. The van der Waals surface area contributed by atoms with Crippen molar-refractivity contribution in [1.29, 1.82) is 0 Å². The Labute approximate surface area is 234 Å². The fourth-order valence-corrected chi connectivity index (χ4v) is 5.08. The Bertz CT molecular complexity index is 1380. The second-order valence-corrected chi connectivity index (χ2v) is 11.1. The van der Waals surface area contributed by atoms with Crippen LogP contribution in [0.4, 0.5) is 16.0 Å².